The number of rotatable bonds is 6. The van der Waals surface area contributed by atoms with Crippen molar-refractivity contribution in [3.63, 3.8) is 0 Å². The van der Waals surface area contributed by atoms with Crippen molar-refractivity contribution in [2.75, 3.05) is 0 Å². The van der Waals surface area contributed by atoms with E-state index in [0.29, 0.717) is 0 Å². The molecule has 1 atom stereocenters. The van der Waals surface area contributed by atoms with Crippen molar-refractivity contribution in [2.45, 2.75) is 25.9 Å². The van der Waals surface area contributed by atoms with E-state index in [2.05, 4.69) is 33.4 Å². The third-order valence-electron chi connectivity index (χ3n) is 3.40. The molecule has 4 heteroatoms. The van der Waals surface area contributed by atoms with Gasteiger partial charge in [0.1, 0.15) is 0 Å². The Hall–Kier alpha value is -1.65. The van der Waals surface area contributed by atoms with Crippen LogP contribution in [0.3, 0.4) is 0 Å². The Labute approximate surface area is 133 Å². The number of aliphatic carboxylic acids is 1. The molecule has 0 aliphatic rings. The molecule has 110 valence electrons. The van der Waals surface area contributed by atoms with Crippen LogP contribution in [-0.2, 0) is 17.9 Å². The molecule has 1 unspecified atom stereocenters. The van der Waals surface area contributed by atoms with Crippen molar-refractivity contribution in [1.29, 1.82) is 0 Å². The number of hydrogen-bond acceptors (Lipinski definition) is 2. The van der Waals surface area contributed by atoms with E-state index < -0.39 is 11.9 Å². The van der Waals surface area contributed by atoms with Crippen molar-refractivity contribution < 1.29 is 9.90 Å². The lowest BCUT2D eigenvalue weighted by Crippen LogP contribution is -2.13. The number of hydrogen-bond donors (Lipinski definition) is 2. The van der Waals surface area contributed by atoms with Crippen molar-refractivity contribution in [1.82, 2.24) is 5.32 Å². The molecular formula is C17H18BrNO2. The highest BCUT2D eigenvalue weighted by Gasteiger charge is 2.12. The fourth-order valence-electron chi connectivity index (χ4n) is 2.06. The van der Waals surface area contributed by atoms with Crippen LogP contribution in [0.2, 0.25) is 0 Å². The van der Waals surface area contributed by atoms with E-state index in [1.165, 1.54) is 5.56 Å². The summed E-state index contributed by atoms with van der Waals surface area (Å²) >= 11 is 3.46. The highest BCUT2D eigenvalue weighted by molar-refractivity contribution is 9.10. The van der Waals surface area contributed by atoms with E-state index in [4.69, 9.17) is 5.11 Å². The zero-order chi connectivity index (χ0) is 15.2. The van der Waals surface area contributed by atoms with Gasteiger partial charge in [-0.3, -0.25) is 4.79 Å². The number of nitrogens with one attached hydrogen (secondary N) is 1. The predicted molar refractivity (Wildman–Crippen MR) is 87.2 cm³/mol. The van der Waals surface area contributed by atoms with Crippen molar-refractivity contribution in [3.8, 4) is 0 Å². The molecular weight excluding hydrogens is 330 g/mol. The molecule has 21 heavy (non-hydrogen) atoms. The van der Waals surface area contributed by atoms with Crippen molar-refractivity contribution in [2.24, 2.45) is 0 Å². The quantitative estimate of drug-likeness (QED) is 0.832. The summed E-state index contributed by atoms with van der Waals surface area (Å²) in [5.74, 6) is -1.26. The Bertz CT molecular complexity index is 610. The van der Waals surface area contributed by atoms with Gasteiger partial charge in [-0.2, -0.15) is 0 Å². The lowest BCUT2D eigenvalue weighted by molar-refractivity contribution is -0.138. The Balaban J connectivity index is 1.88. The molecule has 0 aromatic heterocycles. The van der Waals surface area contributed by atoms with Gasteiger partial charge in [0.05, 0.1) is 5.92 Å². The molecule has 3 nitrogen and oxygen atoms in total. The average molecular weight is 348 g/mol. The summed E-state index contributed by atoms with van der Waals surface area (Å²) in [6.07, 6.45) is 0. The number of carboxylic acids is 1. The highest BCUT2D eigenvalue weighted by atomic mass is 79.9. The van der Waals surface area contributed by atoms with Crippen LogP contribution >= 0.6 is 15.9 Å². The largest absolute Gasteiger partial charge is 0.481 e. The molecule has 0 bridgehead atoms. The molecule has 0 aliphatic carbocycles. The molecule has 0 fully saturated rings. The minimum Gasteiger partial charge on any atom is -0.481 e. The van der Waals surface area contributed by atoms with Gasteiger partial charge in [0, 0.05) is 17.6 Å². The number of benzene rings is 2. The molecule has 0 radical (unpaired) electrons. The van der Waals surface area contributed by atoms with Gasteiger partial charge in [-0.05, 0) is 35.7 Å². The first kappa shape index (κ1) is 15.7. The van der Waals surface area contributed by atoms with E-state index in [0.717, 1.165) is 28.7 Å². The summed E-state index contributed by atoms with van der Waals surface area (Å²) in [6.45, 7) is 3.25. The number of carbonyl (C=O) groups is 1. The standard InChI is InChI=1S/C17H18BrNO2/c1-12(17(20)21)15-7-5-13(6-8-15)10-19-11-14-3-2-4-16(18)9-14/h2-9,12,19H,10-11H2,1H3,(H,20,21). The van der Waals surface area contributed by atoms with Crippen LogP contribution in [0.1, 0.15) is 29.5 Å². The van der Waals surface area contributed by atoms with Gasteiger partial charge >= 0.3 is 5.97 Å². The first-order chi connectivity index (χ1) is 10.1. The highest BCUT2D eigenvalue weighted by Crippen LogP contribution is 2.16. The Morgan fingerprint density at radius 2 is 1.81 bits per heavy atom. The lowest BCUT2D eigenvalue weighted by Gasteiger charge is -2.09. The predicted octanol–water partition coefficient (Wildman–Crippen LogP) is 3.93. The Kier molecular flexibility index (Phi) is 5.53. The smallest absolute Gasteiger partial charge is 0.310 e. The molecule has 0 saturated carbocycles. The lowest BCUT2D eigenvalue weighted by atomic mass is 10.00. The molecule has 0 heterocycles. The molecule has 2 aromatic rings. The van der Waals surface area contributed by atoms with E-state index in [9.17, 15) is 4.79 Å². The van der Waals surface area contributed by atoms with E-state index >= 15 is 0 Å². The minimum absolute atomic E-state index is 0.464. The van der Waals surface area contributed by atoms with Gasteiger partial charge in [-0.25, -0.2) is 0 Å². The monoisotopic (exact) mass is 347 g/mol. The van der Waals surface area contributed by atoms with Crippen LogP contribution in [-0.4, -0.2) is 11.1 Å². The topological polar surface area (TPSA) is 49.3 Å². The van der Waals surface area contributed by atoms with Crippen LogP contribution in [0.15, 0.2) is 53.0 Å². The SMILES string of the molecule is CC(C(=O)O)c1ccc(CNCc2cccc(Br)c2)cc1. The van der Waals surface area contributed by atoms with E-state index in [1.54, 1.807) is 6.92 Å². The second-order valence-electron chi connectivity index (χ2n) is 5.03. The summed E-state index contributed by atoms with van der Waals surface area (Å²) in [5.41, 5.74) is 3.20. The van der Waals surface area contributed by atoms with Gasteiger partial charge in [0.25, 0.3) is 0 Å². The third-order valence-corrected chi connectivity index (χ3v) is 3.89. The maximum atomic E-state index is 10.9. The third kappa shape index (κ3) is 4.69. The maximum absolute atomic E-state index is 10.9. The van der Waals surface area contributed by atoms with E-state index in [-0.39, 0.29) is 0 Å². The van der Waals surface area contributed by atoms with E-state index in [1.807, 2.05) is 36.4 Å². The molecule has 2 aromatic carbocycles. The summed E-state index contributed by atoms with van der Waals surface area (Å²) in [4.78, 5) is 10.9. The molecule has 0 aliphatic heterocycles. The summed E-state index contributed by atoms with van der Waals surface area (Å²) in [7, 11) is 0. The van der Waals surface area contributed by atoms with Gasteiger partial charge in [-0.15, -0.1) is 0 Å². The minimum atomic E-state index is -0.796. The zero-order valence-electron chi connectivity index (χ0n) is 11.8. The van der Waals surface area contributed by atoms with Crippen LogP contribution in [0.4, 0.5) is 0 Å². The summed E-state index contributed by atoms with van der Waals surface area (Å²) in [6, 6.07) is 15.9. The van der Waals surface area contributed by atoms with Gasteiger partial charge in [0.2, 0.25) is 0 Å². The van der Waals surface area contributed by atoms with Crippen molar-refractivity contribution in [3.05, 3.63) is 69.7 Å². The Morgan fingerprint density at radius 3 is 2.43 bits per heavy atom. The van der Waals surface area contributed by atoms with Crippen molar-refractivity contribution >= 4 is 21.9 Å². The maximum Gasteiger partial charge on any atom is 0.310 e. The fourth-order valence-corrected chi connectivity index (χ4v) is 2.51. The van der Waals surface area contributed by atoms with Crippen LogP contribution in [0.5, 0.6) is 0 Å². The van der Waals surface area contributed by atoms with Gasteiger partial charge < -0.3 is 10.4 Å². The average Bonchev–Trinajstić information content (AvgIpc) is 2.47. The van der Waals surface area contributed by atoms with Gasteiger partial charge in [-0.1, -0.05) is 52.3 Å². The Morgan fingerprint density at radius 1 is 1.14 bits per heavy atom. The summed E-state index contributed by atoms with van der Waals surface area (Å²) in [5, 5.41) is 12.4. The summed E-state index contributed by atoms with van der Waals surface area (Å²) < 4.78 is 1.08. The first-order valence-corrected chi connectivity index (χ1v) is 7.62. The van der Waals surface area contributed by atoms with Crippen LogP contribution in [0, 0.1) is 0 Å². The van der Waals surface area contributed by atoms with Crippen LogP contribution < -0.4 is 5.32 Å². The molecule has 0 saturated heterocycles. The first-order valence-electron chi connectivity index (χ1n) is 6.83. The van der Waals surface area contributed by atoms with Crippen LogP contribution in [0.25, 0.3) is 0 Å². The van der Waals surface area contributed by atoms with Gasteiger partial charge in [0.15, 0.2) is 0 Å². The zero-order valence-corrected chi connectivity index (χ0v) is 13.4. The molecule has 0 spiro atoms. The molecule has 2 N–H and O–H groups in total. The number of halogens is 1. The fraction of sp³-hybridized carbons (Fsp3) is 0.235. The normalized spacial score (nSPS) is 12.1. The second kappa shape index (κ2) is 7.38. The number of carboxylic acid groups (broad SMARTS) is 1. The molecule has 0 amide bonds. The second-order valence-corrected chi connectivity index (χ2v) is 5.95. The molecule has 2 rings (SSSR count).